The van der Waals surface area contributed by atoms with Crippen LogP contribution in [0.2, 0.25) is 0 Å². The summed E-state index contributed by atoms with van der Waals surface area (Å²) in [6.07, 6.45) is 3.18. The van der Waals surface area contributed by atoms with Crippen LogP contribution in [0.3, 0.4) is 0 Å². The van der Waals surface area contributed by atoms with Gasteiger partial charge in [-0.2, -0.15) is 0 Å². The molecule has 6 nitrogen and oxygen atoms in total. The van der Waals surface area contributed by atoms with E-state index in [0.717, 1.165) is 23.3 Å². The van der Waals surface area contributed by atoms with Crippen LogP contribution < -0.4 is 5.32 Å². The number of urea groups is 1. The van der Waals surface area contributed by atoms with E-state index in [1.54, 1.807) is 11.8 Å². The predicted octanol–water partition coefficient (Wildman–Crippen LogP) is 1.55. The summed E-state index contributed by atoms with van der Waals surface area (Å²) < 4.78 is 0. The van der Waals surface area contributed by atoms with Gasteiger partial charge in [-0.15, -0.1) is 0 Å². The molecule has 0 spiro atoms. The fourth-order valence-electron chi connectivity index (χ4n) is 3.30. The van der Waals surface area contributed by atoms with E-state index < -0.39 is 11.6 Å². The number of nitrogens with one attached hydrogen (secondary N) is 1. The molecule has 2 aliphatic heterocycles. The Bertz CT molecular complexity index is 640. The van der Waals surface area contributed by atoms with Gasteiger partial charge in [-0.05, 0) is 38.2 Å². The Morgan fingerprint density at radius 2 is 1.83 bits per heavy atom. The fourth-order valence-corrected chi connectivity index (χ4v) is 3.30. The lowest BCUT2D eigenvalue weighted by Crippen LogP contribution is -2.45. The highest BCUT2D eigenvalue weighted by molar-refractivity contribution is 6.08. The number of nitrogens with zero attached hydrogens (tertiary/aromatic N) is 2. The van der Waals surface area contributed by atoms with Gasteiger partial charge in [0.1, 0.15) is 12.1 Å². The van der Waals surface area contributed by atoms with Crippen LogP contribution in [0.15, 0.2) is 30.3 Å². The van der Waals surface area contributed by atoms with Gasteiger partial charge in [-0.1, -0.05) is 30.3 Å². The summed E-state index contributed by atoms with van der Waals surface area (Å²) in [7, 11) is 0. The van der Waals surface area contributed by atoms with E-state index in [0.29, 0.717) is 25.9 Å². The van der Waals surface area contributed by atoms with Crippen molar-refractivity contribution in [2.75, 3.05) is 19.6 Å². The van der Waals surface area contributed by atoms with Gasteiger partial charge >= 0.3 is 6.03 Å². The van der Waals surface area contributed by atoms with Crippen molar-refractivity contribution in [3.63, 3.8) is 0 Å². The highest BCUT2D eigenvalue weighted by Crippen LogP contribution is 2.23. The molecule has 1 aromatic carbocycles. The molecule has 128 valence electrons. The van der Waals surface area contributed by atoms with E-state index in [4.69, 9.17) is 0 Å². The van der Waals surface area contributed by atoms with E-state index in [1.165, 1.54) is 0 Å². The number of benzene rings is 1. The van der Waals surface area contributed by atoms with Crippen LogP contribution in [0.1, 0.15) is 31.7 Å². The predicted molar refractivity (Wildman–Crippen MR) is 89.2 cm³/mol. The molecule has 3 rings (SSSR count). The molecule has 2 saturated heterocycles. The zero-order valence-corrected chi connectivity index (χ0v) is 14.0. The third-order valence-electron chi connectivity index (χ3n) is 4.85. The maximum atomic E-state index is 12.7. The lowest BCUT2D eigenvalue weighted by Gasteiger charge is -2.22. The number of carbonyl (C=O) groups is 3. The molecule has 0 aromatic heterocycles. The van der Waals surface area contributed by atoms with Gasteiger partial charge in [-0.25, -0.2) is 4.79 Å². The molecule has 0 unspecified atom stereocenters. The Labute approximate surface area is 141 Å². The van der Waals surface area contributed by atoms with Crippen LogP contribution in [-0.2, 0) is 16.0 Å². The minimum Gasteiger partial charge on any atom is -0.341 e. The summed E-state index contributed by atoms with van der Waals surface area (Å²) >= 11 is 0. The number of hydrogen-bond acceptors (Lipinski definition) is 3. The van der Waals surface area contributed by atoms with Crippen LogP contribution in [-0.4, -0.2) is 52.8 Å². The first kappa shape index (κ1) is 16.5. The lowest BCUT2D eigenvalue weighted by molar-refractivity contribution is -0.138. The van der Waals surface area contributed by atoms with E-state index in [1.807, 2.05) is 30.3 Å². The second-order valence-corrected chi connectivity index (χ2v) is 6.73. The fraction of sp³-hybridized carbons (Fsp3) is 0.500. The summed E-state index contributed by atoms with van der Waals surface area (Å²) in [5.74, 6) is -0.459. The van der Waals surface area contributed by atoms with Crippen LogP contribution >= 0.6 is 0 Å². The molecule has 1 atom stereocenters. The first-order chi connectivity index (χ1) is 11.5. The Balaban J connectivity index is 1.63. The van der Waals surface area contributed by atoms with E-state index in [9.17, 15) is 14.4 Å². The molecule has 1 N–H and O–H groups in total. The molecular formula is C18H23N3O3. The molecule has 0 radical (unpaired) electrons. The minimum absolute atomic E-state index is 0.150. The smallest absolute Gasteiger partial charge is 0.325 e. The molecule has 1 aromatic rings. The van der Waals surface area contributed by atoms with E-state index in [2.05, 4.69) is 5.32 Å². The molecule has 6 heteroatoms. The summed E-state index contributed by atoms with van der Waals surface area (Å²) in [5, 5.41) is 2.76. The van der Waals surface area contributed by atoms with Crippen LogP contribution in [0.25, 0.3) is 0 Å². The second-order valence-electron chi connectivity index (χ2n) is 6.73. The molecule has 2 fully saturated rings. The van der Waals surface area contributed by atoms with Crippen molar-refractivity contribution in [2.24, 2.45) is 0 Å². The summed E-state index contributed by atoms with van der Waals surface area (Å²) in [5.41, 5.74) is 0.172. The summed E-state index contributed by atoms with van der Waals surface area (Å²) in [6.45, 7) is 3.00. The van der Waals surface area contributed by atoms with Gasteiger partial charge in [0.2, 0.25) is 5.91 Å². The van der Waals surface area contributed by atoms with Crippen molar-refractivity contribution in [1.29, 1.82) is 0 Å². The van der Waals surface area contributed by atoms with Crippen molar-refractivity contribution in [3.8, 4) is 0 Å². The zero-order chi connectivity index (χ0) is 17.2. The standard InChI is InChI=1S/C18H23N3O3/c1-18(10-9-14-7-3-2-4-8-14)16(23)21(17(24)19-18)13-15(22)20-11-5-6-12-20/h2-4,7-8H,5-6,9-13H2,1H3,(H,19,24)/t18-/m0/s1. The number of amides is 4. The first-order valence-corrected chi connectivity index (χ1v) is 8.45. The van der Waals surface area contributed by atoms with Crippen LogP contribution in [0, 0.1) is 0 Å². The largest absolute Gasteiger partial charge is 0.341 e. The average molecular weight is 329 g/mol. The number of aryl methyl sites for hydroxylation is 1. The lowest BCUT2D eigenvalue weighted by atomic mass is 9.93. The molecule has 24 heavy (non-hydrogen) atoms. The number of carbonyl (C=O) groups excluding carboxylic acids is 3. The second kappa shape index (κ2) is 6.63. The van der Waals surface area contributed by atoms with Gasteiger partial charge in [-0.3, -0.25) is 14.5 Å². The number of likely N-dealkylation sites (tertiary alicyclic amines) is 1. The zero-order valence-electron chi connectivity index (χ0n) is 14.0. The number of hydrogen-bond donors (Lipinski definition) is 1. The van der Waals surface area contributed by atoms with Gasteiger partial charge in [0.15, 0.2) is 0 Å². The summed E-state index contributed by atoms with van der Waals surface area (Å²) in [4.78, 5) is 39.9. The first-order valence-electron chi connectivity index (χ1n) is 8.45. The van der Waals surface area contributed by atoms with Crippen LogP contribution in [0.4, 0.5) is 4.79 Å². The Kier molecular flexibility index (Phi) is 4.55. The minimum atomic E-state index is -0.946. The number of rotatable bonds is 5. The summed E-state index contributed by atoms with van der Waals surface area (Å²) in [6, 6.07) is 9.38. The van der Waals surface area contributed by atoms with Gasteiger partial charge < -0.3 is 10.2 Å². The third kappa shape index (κ3) is 3.27. The topological polar surface area (TPSA) is 69.7 Å². The molecule has 4 amide bonds. The average Bonchev–Trinajstić information content (AvgIpc) is 3.18. The maximum absolute atomic E-state index is 12.7. The van der Waals surface area contributed by atoms with Crippen LogP contribution in [0.5, 0.6) is 0 Å². The molecule has 2 aliphatic rings. The number of imide groups is 1. The van der Waals surface area contributed by atoms with E-state index >= 15 is 0 Å². The van der Waals surface area contributed by atoms with E-state index in [-0.39, 0.29) is 18.4 Å². The molecule has 2 heterocycles. The monoisotopic (exact) mass is 329 g/mol. The quantitative estimate of drug-likeness (QED) is 0.833. The van der Waals surface area contributed by atoms with Crippen molar-refractivity contribution < 1.29 is 14.4 Å². The highest BCUT2D eigenvalue weighted by Gasteiger charge is 2.48. The van der Waals surface area contributed by atoms with Gasteiger partial charge in [0.05, 0.1) is 0 Å². The van der Waals surface area contributed by atoms with Gasteiger partial charge in [0, 0.05) is 13.1 Å². The third-order valence-corrected chi connectivity index (χ3v) is 4.85. The van der Waals surface area contributed by atoms with Crippen molar-refractivity contribution >= 4 is 17.8 Å². The molecule has 0 aliphatic carbocycles. The molecular weight excluding hydrogens is 306 g/mol. The normalized spacial score (nSPS) is 23.7. The molecule has 0 saturated carbocycles. The Morgan fingerprint density at radius 1 is 1.17 bits per heavy atom. The van der Waals surface area contributed by atoms with Crippen molar-refractivity contribution in [2.45, 2.75) is 38.1 Å². The SMILES string of the molecule is C[C@@]1(CCc2ccccc2)NC(=O)N(CC(=O)N2CCCC2)C1=O. The maximum Gasteiger partial charge on any atom is 0.325 e. The van der Waals surface area contributed by atoms with Crippen molar-refractivity contribution in [1.82, 2.24) is 15.1 Å². The van der Waals surface area contributed by atoms with Gasteiger partial charge in [0.25, 0.3) is 5.91 Å². The molecule has 0 bridgehead atoms. The van der Waals surface area contributed by atoms with Crippen molar-refractivity contribution in [3.05, 3.63) is 35.9 Å². The highest BCUT2D eigenvalue weighted by atomic mass is 16.2. The Morgan fingerprint density at radius 3 is 2.50 bits per heavy atom. The Hall–Kier alpha value is -2.37.